The van der Waals surface area contributed by atoms with Crippen LogP contribution in [0.5, 0.6) is 0 Å². The van der Waals surface area contributed by atoms with Crippen LogP contribution in [0.25, 0.3) is 0 Å². The Morgan fingerprint density at radius 3 is 2.26 bits per heavy atom. The number of carbonyl (C=O) groups is 2. The molecule has 1 saturated carbocycles. The zero-order valence-electron chi connectivity index (χ0n) is 18.1. The second-order valence-electron chi connectivity index (χ2n) is 7.83. The van der Waals surface area contributed by atoms with Crippen LogP contribution in [0.15, 0.2) is 53.4 Å². The standard InChI is InChI=1S/C23H29N3O4S/c1-4-26(5-2)31(29,30)20-12-7-10-18(16-20)21(27)24-25-22(28)23(13-8-14-23)19-11-6-9-17(3)15-19/h6-7,9-12,15-16H,4-5,8,13-14H2,1-3H3,(H,24,27)(H,25,28). The van der Waals surface area contributed by atoms with E-state index in [1.807, 2.05) is 31.2 Å². The molecule has 2 aromatic carbocycles. The molecule has 0 atom stereocenters. The number of carbonyl (C=O) groups excluding carboxylic acids is 2. The zero-order chi connectivity index (χ0) is 22.6. The van der Waals surface area contributed by atoms with Gasteiger partial charge in [0.2, 0.25) is 15.9 Å². The molecule has 8 heteroatoms. The summed E-state index contributed by atoms with van der Waals surface area (Å²) in [4.78, 5) is 25.6. The highest BCUT2D eigenvalue weighted by Crippen LogP contribution is 2.44. The van der Waals surface area contributed by atoms with E-state index in [0.29, 0.717) is 13.1 Å². The van der Waals surface area contributed by atoms with Crippen LogP contribution in [0.4, 0.5) is 0 Å². The van der Waals surface area contributed by atoms with Crippen molar-refractivity contribution in [3.8, 4) is 0 Å². The van der Waals surface area contributed by atoms with Crippen LogP contribution in [-0.2, 0) is 20.2 Å². The molecular weight excluding hydrogens is 414 g/mol. The molecule has 0 spiro atoms. The Morgan fingerprint density at radius 2 is 1.68 bits per heavy atom. The van der Waals surface area contributed by atoms with Gasteiger partial charge in [0.15, 0.2) is 0 Å². The fourth-order valence-electron chi connectivity index (χ4n) is 3.94. The van der Waals surface area contributed by atoms with Crippen molar-refractivity contribution in [1.29, 1.82) is 0 Å². The number of amides is 2. The Hall–Kier alpha value is -2.71. The van der Waals surface area contributed by atoms with Crippen molar-refractivity contribution in [3.05, 3.63) is 65.2 Å². The summed E-state index contributed by atoms with van der Waals surface area (Å²) in [5, 5.41) is 0. The highest BCUT2D eigenvalue weighted by atomic mass is 32.2. The van der Waals surface area contributed by atoms with E-state index in [1.54, 1.807) is 13.8 Å². The van der Waals surface area contributed by atoms with E-state index in [9.17, 15) is 18.0 Å². The quantitative estimate of drug-likeness (QED) is 0.643. The lowest BCUT2D eigenvalue weighted by Crippen LogP contribution is -2.54. The number of benzene rings is 2. The van der Waals surface area contributed by atoms with Gasteiger partial charge in [0, 0.05) is 18.7 Å². The van der Waals surface area contributed by atoms with Gasteiger partial charge in [-0.1, -0.05) is 56.2 Å². The highest BCUT2D eigenvalue weighted by Gasteiger charge is 2.45. The molecule has 0 bridgehead atoms. The van der Waals surface area contributed by atoms with Crippen molar-refractivity contribution in [3.63, 3.8) is 0 Å². The molecule has 1 aliphatic carbocycles. The van der Waals surface area contributed by atoms with Gasteiger partial charge < -0.3 is 0 Å². The van der Waals surface area contributed by atoms with Crippen LogP contribution in [0.3, 0.4) is 0 Å². The summed E-state index contributed by atoms with van der Waals surface area (Å²) >= 11 is 0. The molecular formula is C23H29N3O4S. The molecule has 2 amide bonds. The van der Waals surface area contributed by atoms with Gasteiger partial charge in [0.05, 0.1) is 10.3 Å². The van der Waals surface area contributed by atoms with Gasteiger partial charge in [0.1, 0.15) is 0 Å². The molecule has 0 radical (unpaired) electrons. The number of sulfonamides is 1. The third-order valence-electron chi connectivity index (χ3n) is 5.94. The van der Waals surface area contributed by atoms with Crippen molar-refractivity contribution < 1.29 is 18.0 Å². The van der Waals surface area contributed by atoms with Crippen LogP contribution < -0.4 is 10.9 Å². The predicted octanol–water partition coefficient (Wildman–Crippen LogP) is 2.91. The van der Waals surface area contributed by atoms with E-state index in [2.05, 4.69) is 10.9 Å². The first-order valence-corrected chi connectivity index (χ1v) is 12.0. The van der Waals surface area contributed by atoms with Crippen LogP contribution in [-0.4, -0.2) is 37.6 Å². The number of nitrogens with one attached hydrogen (secondary N) is 2. The molecule has 0 unspecified atom stereocenters. The van der Waals surface area contributed by atoms with Crippen LogP contribution in [0, 0.1) is 6.92 Å². The van der Waals surface area contributed by atoms with Crippen molar-refractivity contribution in [2.75, 3.05) is 13.1 Å². The van der Waals surface area contributed by atoms with E-state index in [4.69, 9.17) is 0 Å². The first-order valence-electron chi connectivity index (χ1n) is 10.5. The molecule has 0 aromatic heterocycles. The summed E-state index contributed by atoms with van der Waals surface area (Å²) in [6, 6.07) is 13.7. The Labute approximate surface area is 183 Å². The van der Waals surface area contributed by atoms with Crippen LogP contribution >= 0.6 is 0 Å². The molecule has 0 heterocycles. The normalized spacial score (nSPS) is 15.2. The third-order valence-corrected chi connectivity index (χ3v) is 7.99. The minimum atomic E-state index is -3.68. The van der Waals surface area contributed by atoms with E-state index in [1.165, 1.54) is 28.6 Å². The molecule has 0 aliphatic heterocycles. The lowest BCUT2D eigenvalue weighted by molar-refractivity contribution is -0.130. The first kappa shape index (κ1) is 23.0. The SMILES string of the molecule is CCN(CC)S(=O)(=O)c1cccc(C(=O)NNC(=O)C2(c3cccc(C)c3)CCC2)c1. The van der Waals surface area contributed by atoms with Crippen molar-refractivity contribution >= 4 is 21.8 Å². The van der Waals surface area contributed by atoms with Gasteiger partial charge in [-0.05, 0) is 43.5 Å². The van der Waals surface area contributed by atoms with Crippen molar-refractivity contribution in [2.24, 2.45) is 0 Å². The molecule has 2 N–H and O–H groups in total. The van der Waals surface area contributed by atoms with Gasteiger partial charge in [-0.15, -0.1) is 0 Å². The minimum absolute atomic E-state index is 0.0467. The minimum Gasteiger partial charge on any atom is -0.272 e. The van der Waals surface area contributed by atoms with E-state index < -0.39 is 21.3 Å². The fourth-order valence-corrected chi connectivity index (χ4v) is 5.44. The maximum absolute atomic E-state index is 13.0. The van der Waals surface area contributed by atoms with E-state index in [0.717, 1.165) is 30.4 Å². The number of hydrogen-bond donors (Lipinski definition) is 2. The summed E-state index contributed by atoms with van der Waals surface area (Å²) in [6.07, 6.45) is 2.38. The van der Waals surface area contributed by atoms with Gasteiger partial charge in [-0.3, -0.25) is 20.4 Å². The number of rotatable bonds is 7. The molecule has 1 aliphatic rings. The van der Waals surface area contributed by atoms with Crippen molar-refractivity contribution in [1.82, 2.24) is 15.2 Å². The van der Waals surface area contributed by atoms with E-state index >= 15 is 0 Å². The first-order chi connectivity index (χ1) is 14.7. The second kappa shape index (κ2) is 9.20. The number of nitrogens with zero attached hydrogens (tertiary/aromatic N) is 1. The van der Waals surface area contributed by atoms with Crippen molar-refractivity contribution in [2.45, 2.75) is 50.3 Å². The Kier molecular flexibility index (Phi) is 6.81. The van der Waals surface area contributed by atoms with Gasteiger partial charge in [-0.25, -0.2) is 8.42 Å². The molecule has 31 heavy (non-hydrogen) atoms. The zero-order valence-corrected chi connectivity index (χ0v) is 19.0. The predicted molar refractivity (Wildman–Crippen MR) is 119 cm³/mol. The smallest absolute Gasteiger partial charge is 0.269 e. The lowest BCUT2D eigenvalue weighted by Gasteiger charge is -2.40. The Balaban J connectivity index is 1.73. The summed E-state index contributed by atoms with van der Waals surface area (Å²) in [7, 11) is -3.68. The summed E-state index contributed by atoms with van der Waals surface area (Å²) < 4.78 is 26.8. The van der Waals surface area contributed by atoms with Gasteiger partial charge in [0.25, 0.3) is 5.91 Å². The number of aryl methyl sites for hydroxylation is 1. The fraction of sp³-hybridized carbons (Fsp3) is 0.391. The Bertz CT molecular complexity index is 1070. The molecule has 3 rings (SSSR count). The monoisotopic (exact) mass is 443 g/mol. The summed E-state index contributed by atoms with van der Waals surface area (Å²) in [5.41, 5.74) is 6.52. The van der Waals surface area contributed by atoms with Crippen LogP contribution in [0.2, 0.25) is 0 Å². The maximum Gasteiger partial charge on any atom is 0.269 e. The number of hydrazine groups is 1. The molecule has 2 aromatic rings. The molecule has 1 fully saturated rings. The maximum atomic E-state index is 13.0. The number of hydrogen-bond acceptors (Lipinski definition) is 4. The highest BCUT2D eigenvalue weighted by molar-refractivity contribution is 7.89. The third kappa shape index (κ3) is 4.50. The van der Waals surface area contributed by atoms with Crippen LogP contribution in [0.1, 0.15) is 54.6 Å². The average Bonchev–Trinajstić information content (AvgIpc) is 2.72. The summed E-state index contributed by atoms with van der Waals surface area (Å²) in [6.45, 7) is 6.18. The molecule has 166 valence electrons. The van der Waals surface area contributed by atoms with Gasteiger partial charge >= 0.3 is 0 Å². The van der Waals surface area contributed by atoms with Gasteiger partial charge in [-0.2, -0.15) is 4.31 Å². The van der Waals surface area contributed by atoms with E-state index in [-0.39, 0.29) is 16.4 Å². The lowest BCUT2D eigenvalue weighted by atomic mass is 9.63. The molecule has 0 saturated heterocycles. The summed E-state index contributed by atoms with van der Waals surface area (Å²) in [5.74, 6) is -0.826. The topological polar surface area (TPSA) is 95.6 Å². The molecule has 7 nitrogen and oxygen atoms in total. The average molecular weight is 444 g/mol. The largest absolute Gasteiger partial charge is 0.272 e. The second-order valence-corrected chi connectivity index (χ2v) is 9.77. The Morgan fingerprint density at radius 1 is 1.00 bits per heavy atom.